The van der Waals surface area contributed by atoms with E-state index in [4.69, 9.17) is 9.47 Å². The predicted molar refractivity (Wildman–Crippen MR) is 66.7 cm³/mol. The SMILES string of the molecule is CCOC(=O)C=Cc1cnn([C@@H]2CCCCO2)c1. The van der Waals surface area contributed by atoms with Gasteiger partial charge in [-0.1, -0.05) is 0 Å². The molecule has 5 heteroatoms. The summed E-state index contributed by atoms with van der Waals surface area (Å²) in [5.41, 5.74) is 0.872. The third kappa shape index (κ3) is 3.43. The Morgan fingerprint density at radius 3 is 3.28 bits per heavy atom. The van der Waals surface area contributed by atoms with Crippen molar-refractivity contribution in [3.8, 4) is 0 Å². The molecule has 18 heavy (non-hydrogen) atoms. The summed E-state index contributed by atoms with van der Waals surface area (Å²) in [5.74, 6) is -0.334. The van der Waals surface area contributed by atoms with E-state index >= 15 is 0 Å². The van der Waals surface area contributed by atoms with Gasteiger partial charge in [-0.15, -0.1) is 0 Å². The number of hydrogen-bond donors (Lipinski definition) is 0. The fourth-order valence-corrected chi connectivity index (χ4v) is 1.88. The maximum absolute atomic E-state index is 11.2. The summed E-state index contributed by atoms with van der Waals surface area (Å²) in [6.07, 6.45) is 10.0. The van der Waals surface area contributed by atoms with Gasteiger partial charge in [0.25, 0.3) is 0 Å². The summed E-state index contributed by atoms with van der Waals surface area (Å²) in [7, 11) is 0. The highest BCUT2D eigenvalue weighted by Gasteiger charge is 2.15. The maximum atomic E-state index is 11.2. The average molecular weight is 250 g/mol. The molecule has 2 heterocycles. The molecule has 2 rings (SSSR count). The zero-order valence-electron chi connectivity index (χ0n) is 10.5. The first-order valence-electron chi connectivity index (χ1n) is 6.30. The number of ether oxygens (including phenoxy) is 2. The van der Waals surface area contributed by atoms with Gasteiger partial charge in [0.05, 0.1) is 12.8 Å². The third-order valence-corrected chi connectivity index (χ3v) is 2.77. The summed E-state index contributed by atoms with van der Waals surface area (Å²) < 4.78 is 12.2. The number of nitrogens with zero attached hydrogens (tertiary/aromatic N) is 2. The van der Waals surface area contributed by atoms with E-state index in [0.717, 1.165) is 25.0 Å². The van der Waals surface area contributed by atoms with Gasteiger partial charge in [0.15, 0.2) is 0 Å². The number of carbonyl (C=O) groups excluding carboxylic acids is 1. The van der Waals surface area contributed by atoms with E-state index in [1.807, 2.05) is 10.9 Å². The van der Waals surface area contributed by atoms with Crippen LogP contribution in [0.3, 0.4) is 0 Å². The Balaban J connectivity index is 1.95. The normalized spacial score (nSPS) is 20.2. The molecule has 0 N–H and O–H groups in total. The molecule has 0 spiro atoms. The third-order valence-electron chi connectivity index (χ3n) is 2.77. The highest BCUT2D eigenvalue weighted by Crippen LogP contribution is 2.21. The van der Waals surface area contributed by atoms with Crippen molar-refractivity contribution < 1.29 is 14.3 Å². The minimum absolute atomic E-state index is 0.0310. The van der Waals surface area contributed by atoms with Crippen molar-refractivity contribution in [2.24, 2.45) is 0 Å². The summed E-state index contributed by atoms with van der Waals surface area (Å²) in [6.45, 7) is 2.96. The Labute approximate surface area is 106 Å². The van der Waals surface area contributed by atoms with Crippen LogP contribution < -0.4 is 0 Å². The lowest BCUT2D eigenvalue weighted by atomic mass is 10.2. The lowest BCUT2D eigenvalue weighted by Crippen LogP contribution is -2.18. The summed E-state index contributed by atoms with van der Waals surface area (Å²) >= 11 is 0. The fraction of sp³-hybridized carbons (Fsp3) is 0.538. The summed E-state index contributed by atoms with van der Waals surface area (Å²) in [6, 6.07) is 0. The molecule has 0 aromatic carbocycles. The molecule has 5 nitrogen and oxygen atoms in total. The molecule has 0 bridgehead atoms. The van der Waals surface area contributed by atoms with Crippen LogP contribution in [0.4, 0.5) is 0 Å². The highest BCUT2D eigenvalue weighted by atomic mass is 16.5. The van der Waals surface area contributed by atoms with Gasteiger partial charge in [-0.3, -0.25) is 0 Å². The van der Waals surface area contributed by atoms with E-state index in [-0.39, 0.29) is 12.2 Å². The summed E-state index contributed by atoms with van der Waals surface area (Å²) in [4.78, 5) is 11.2. The Hall–Kier alpha value is -1.62. The lowest BCUT2D eigenvalue weighted by Gasteiger charge is -2.22. The van der Waals surface area contributed by atoms with Crippen LogP contribution in [0.2, 0.25) is 0 Å². The van der Waals surface area contributed by atoms with E-state index in [0.29, 0.717) is 6.61 Å². The molecule has 0 unspecified atom stereocenters. The van der Waals surface area contributed by atoms with Gasteiger partial charge in [0.2, 0.25) is 0 Å². The zero-order chi connectivity index (χ0) is 12.8. The van der Waals surface area contributed by atoms with Crippen LogP contribution in [0, 0.1) is 0 Å². The second kappa shape index (κ2) is 6.35. The van der Waals surface area contributed by atoms with E-state index in [2.05, 4.69) is 5.10 Å². The largest absolute Gasteiger partial charge is 0.463 e. The van der Waals surface area contributed by atoms with Crippen LogP contribution in [0.25, 0.3) is 6.08 Å². The average Bonchev–Trinajstić information content (AvgIpc) is 2.87. The van der Waals surface area contributed by atoms with Crippen LogP contribution in [-0.2, 0) is 14.3 Å². The molecule has 1 saturated heterocycles. The first-order valence-corrected chi connectivity index (χ1v) is 6.30. The molecule has 0 amide bonds. The van der Waals surface area contributed by atoms with Crippen molar-refractivity contribution in [1.82, 2.24) is 9.78 Å². The van der Waals surface area contributed by atoms with Crippen molar-refractivity contribution in [3.63, 3.8) is 0 Å². The van der Waals surface area contributed by atoms with E-state index in [1.165, 1.54) is 12.5 Å². The van der Waals surface area contributed by atoms with Gasteiger partial charge in [-0.25, -0.2) is 9.48 Å². The van der Waals surface area contributed by atoms with Gasteiger partial charge < -0.3 is 9.47 Å². The molecule has 0 aliphatic carbocycles. The van der Waals surface area contributed by atoms with Crippen LogP contribution in [0.5, 0.6) is 0 Å². The molecule has 1 aromatic heterocycles. The van der Waals surface area contributed by atoms with Gasteiger partial charge in [-0.2, -0.15) is 5.10 Å². The Bertz CT molecular complexity index is 420. The molecule has 98 valence electrons. The Kier molecular flexibility index (Phi) is 4.52. The molecule has 0 radical (unpaired) electrons. The standard InChI is InChI=1S/C13H18N2O3/c1-2-17-13(16)7-6-11-9-14-15(10-11)12-5-3-4-8-18-12/h6-7,9-10,12H,2-5,8H2,1H3/t12-/m0/s1. The van der Waals surface area contributed by atoms with E-state index in [9.17, 15) is 4.79 Å². The molecular weight excluding hydrogens is 232 g/mol. The molecule has 0 saturated carbocycles. The van der Waals surface area contributed by atoms with Crippen molar-refractivity contribution in [2.45, 2.75) is 32.4 Å². The van der Waals surface area contributed by atoms with Crippen LogP contribution >= 0.6 is 0 Å². The van der Waals surface area contributed by atoms with Gasteiger partial charge in [0.1, 0.15) is 6.23 Å². The smallest absolute Gasteiger partial charge is 0.330 e. The minimum atomic E-state index is -0.334. The van der Waals surface area contributed by atoms with Crippen LogP contribution in [0.15, 0.2) is 18.5 Å². The van der Waals surface area contributed by atoms with Crippen molar-refractivity contribution >= 4 is 12.0 Å². The minimum Gasteiger partial charge on any atom is -0.463 e. The monoisotopic (exact) mass is 250 g/mol. The molecule has 1 atom stereocenters. The van der Waals surface area contributed by atoms with E-state index < -0.39 is 0 Å². The Morgan fingerprint density at radius 2 is 2.56 bits per heavy atom. The molecule has 1 aliphatic heterocycles. The second-order valence-electron chi connectivity index (χ2n) is 4.16. The van der Waals surface area contributed by atoms with E-state index in [1.54, 1.807) is 19.2 Å². The number of hydrogen-bond acceptors (Lipinski definition) is 4. The quantitative estimate of drug-likeness (QED) is 0.607. The molecule has 1 fully saturated rings. The summed E-state index contributed by atoms with van der Waals surface area (Å²) in [5, 5.41) is 4.25. The van der Waals surface area contributed by atoms with Crippen molar-refractivity contribution in [1.29, 1.82) is 0 Å². The molecule has 1 aliphatic rings. The molecular formula is C13H18N2O3. The highest BCUT2D eigenvalue weighted by molar-refractivity contribution is 5.86. The first-order chi connectivity index (χ1) is 8.79. The van der Waals surface area contributed by atoms with Gasteiger partial charge in [0, 0.05) is 24.4 Å². The first kappa shape index (κ1) is 12.8. The lowest BCUT2D eigenvalue weighted by molar-refractivity contribution is -0.137. The maximum Gasteiger partial charge on any atom is 0.330 e. The number of aromatic nitrogens is 2. The van der Waals surface area contributed by atoms with Crippen molar-refractivity contribution in [2.75, 3.05) is 13.2 Å². The predicted octanol–water partition coefficient (Wildman–Crippen LogP) is 2.16. The number of carbonyl (C=O) groups is 1. The van der Waals surface area contributed by atoms with Crippen LogP contribution in [-0.4, -0.2) is 29.0 Å². The Morgan fingerprint density at radius 1 is 1.67 bits per heavy atom. The van der Waals surface area contributed by atoms with Gasteiger partial charge >= 0.3 is 5.97 Å². The number of rotatable bonds is 4. The second-order valence-corrected chi connectivity index (χ2v) is 4.16. The topological polar surface area (TPSA) is 53.3 Å². The van der Waals surface area contributed by atoms with Gasteiger partial charge in [-0.05, 0) is 32.3 Å². The fourth-order valence-electron chi connectivity index (χ4n) is 1.88. The van der Waals surface area contributed by atoms with Crippen molar-refractivity contribution in [3.05, 3.63) is 24.0 Å². The van der Waals surface area contributed by atoms with Crippen LogP contribution in [0.1, 0.15) is 38.0 Å². The number of esters is 1. The zero-order valence-corrected chi connectivity index (χ0v) is 10.5. The molecule has 1 aromatic rings.